The third-order valence-corrected chi connectivity index (χ3v) is 5.97. The maximum atomic E-state index is 14.4. The Morgan fingerprint density at radius 3 is 2.71 bits per heavy atom. The highest BCUT2D eigenvalue weighted by Crippen LogP contribution is 2.37. The predicted octanol–water partition coefficient (Wildman–Crippen LogP) is 3.62. The van der Waals surface area contributed by atoms with E-state index in [2.05, 4.69) is 15.3 Å². The Kier molecular flexibility index (Phi) is 6.29. The van der Waals surface area contributed by atoms with Crippen molar-refractivity contribution in [2.75, 3.05) is 18.7 Å². The summed E-state index contributed by atoms with van der Waals surface area (Å²) in [5.74, 6) is -2.65. The number of hydrogen-bond acceptors (Lipinski definition) is 6. The zero-order chi connectivity index (χ0) is 24.6. The summed E-state index contributed by atoms with van der Waals surface area (Å²) >= 11 is 0. The second-order valence-electron chi connectivity index (χ2n) is 7.60. The molecule has 8 nitrogen and oxygen atoms in total. The number of esters is 1. The van der Waals surface area contributed by atoms with E-state index in [1.165, 1.54) is 24.0 Å². The Balaban J connectivity index is 2.03. The van der Waals surface area contributed by atoms with Crippen molar-refractivity contribution in [3.8, 4) is 11.1 Å². The number of aryl methyl sites for hydroxylation is 1. The fraction of sp³-hybridized carbons (Fsp3) is 0.174. The highest BCUT2D eigenvalue weighted by atomic mass is 32.2. The van der Waals surface area contributed by atoms with Crippen molar-refractivity contribution in [2.24, 2.45) is 7.05 Å². The van der Waals surface area contributed by atoms with Crippen LogP contribution in [0, 0.1) is 11.6 Å². The van der Waals surface area contributed by atoms with Gasteiger partial charge in [0.05, 0.1) is 18.9 Å². The number of hydrogen-bond donors (Lipinski definition) is 2. The molecular formula is C23H20F2N4O4S. The van der Waals surface area contributed by atoms with Crippen LogP contribution in [0.4, 0.5) is 20.3 Å². The molecule has 0 aliphatic carbocycles. The highest BCUT2D eigenvalue weighted by Gasteiger charge is 2.21. The number of nitrogens with zero attached hydrogens (tertiary/aromatic N) is 2. The van der Waals surface area contributed by atoms with Gasteiger partial charge >= 0.3 is 5.97 Å². The van der Waals surface area contributed by atoms with Crippen molar-refractivity contribution in [1.82, 2.24) is 14.5 Å². The first-order valence-electron chi connectivity index (χ1n) is 10.00. The van der Waals surface area contributed by atoms with Gasteiger partial charge in [-0.05, 0) is 23.8 Å². The number of methoxy groups -OCH3 is 1. The molecule has 4 aromatic rings. The molecule has 0 amide bonds. The van der Waals surface area contributed by atoms with E-state index in [-0.39, 0.29) is 28.4 Å². The van der Waals surface area contributed by atoms with Gasteiger partial charge in [0, 0.05) is 70.5 Å². The molecule has 34 heavy (non-hydrogen) atoms. The van der Waals surface area contributed by atoms with Gasteiger partial charge in [0.1, 0.15) is 11.3 Å². The van der Waals surface area contributed by atoms with Crippen molar-refractivity contribution in [1.29, 1.82) is 0 Å². The minimum Gasteiger partial charge on any atom is -0.465 e. The van der Waals surface area contributed by atoms with Gasteiger partial charge in [-0.15, -0.1) is 0 Å². The van der Waals surface area contributed by atoms with Crippen molar-refractivity contribution < 1.29 is 22.5 Å². The number of pyridine rings is 2. The number of anilines is 2. The molecule has 4 rings (SSSR count). The number of aromatic nitrogens is 3. The maximum absolute atomic E-state index is 14.4. The third-order valence-electron chi connectivity index (χ3n) is 5.25. The van der Waals surface area contributed by atoms with E-state index in [0.29, 0.717) is 33.7 Å². The van der Waals surface area contributed by atoms with Crippen molar-refractivity contribution in [2.45, 2.75) is 5.75 Å². The third kappa shape index (κ3) is 4.34. The largest absolute Gasteiger partial charge is 0.465 e. The lowest BCUT2D eigenvalue weighted by molar-refractivity contribution is 0.0600. The molecule has 3 heterocycles. The molecule has 11 heteroatoms. The van der Waals surface area contributed by atoms with Gasteiger partial charge < -0.3 is 19.6 Å². The summed E-state index contributed by atoms with van der Waals surface area (Å²) in [6.07, 6.45) is 5.59. The molecule has 3 aromatic heterocycles. The number of aromatic amines is 1. The first-order chi connectivity index (χ1) is 16.2. The summed E-state index contributed by atoms with van der Waals surface area (Å²) in [7, 11) is 1.51. The van der Waals surface area contributed by atoms with Gasteiger partial charge in [0.15, 0.2) is 11.6 Å². The summed E-state index contributed by atoms with van der Waals surface area (Å²) in [5, 5.41) is 3.41. The second kappa shape index (κ2) is 9.18. The summed E-state index contributed by atoms with van der Waals surface area (Å²) in [5.41, 5.74) is 2.01. The van der Waals surface area contributed by atoms with Crippen LogP contribution in [0.15, 0.2) is 47.7 Å². The van der Waals surface area contributed by atoms with E-state index < -0.39 is 28.4 Å². The molecule has 0 saturated carbocycles. The van der Waals surface area contributed by atoms with Crippen LogP contribution < -0.4 is 10.9 Å². The monoisotopic (exact) mass is 486 g/mol. The summed E-state index contributed by atoms with van der Waals surface area (Å²) in [6.45, 7) is 0. The van der Waals surface area contributed by atoms with Crippen molar-refractivity contribution in [3.63, 3.8) is 0 Å². The van der Waals surface area contributed by atoms with E-state index >= 15 is 0 Å². The predicted molar refractivity (Wildman–Crippen MR) is 126 cm³/mol. The van der Waals surface area contributed by atoms with Crippen LogP contribution in [0.2, 0.25) is 0 Å². The summed E-state index contributed by atoms with van der Waals surface area (Å²) in [4.78, 5) is 31.7. The van der Waals surface area contributed by atoms with Crippen LogP contribution in [0.25, 0.3) is 22.0 Å². The standard InChI is InChI=1S/C23H20F2N4O4S/c1-29-10-17(14-4-5-26-20(14)22(29)30)16-6-12(11-34(3)32)15(23(31)33-2)8-19(16)28-21-18(25)7-13(24)9-27-21/h4-10,26H,11H2,1-3H3,(H,27,28). The molecule has 2 N–H and O–H groups in total. The van der Waals surface area contributed by atoms with Crippen LogP contribution in [0.5, 0.6) is 0 Å². The SMILES string of the molecule is COC(=O)c1cc(Nc2ncc(F)cc2F)c(-c2cn(C)c(=O)c3[nH]ccc23)cc1CS(C)=O. The van der Waals surface area contributed by atoms with Crippen molar-refractivity contribution in [3.05, 3.63) is 76.0 Å². The van der Waals surface area contributed by atoms with Gasteiger partial charge in [0.2, 0.25) is 0 Å². The first-order valence-corrected chi connectivity index (χ1v) is 11.7. The number of ether oxygens (including phenoxy) is 1. The number of fused-ring (bicyclic) bond motifs is 1. The van der Waals surface area contributed by atoms with Gasteiger partial charge in [0.25, 0.3) is 5.56 Å². The zero-order valence-electron chi connectivity index (χ0n) is 18.4. The maximum Gasteiger partial charge on any atom is 0.338 e. The molecule has 0 saturated heterocycles. The molecule has 1 unspecified atom stereocenters. The number of benzene rings is 1. The van der Waals surface area contributed by atoms with E-state index in [0.717, 1.165) is 6.20 Å². The van der Waals surface area contributed by atoms with Gasteiger partial charge in [-0.2, -0.15) is 0 Å². The molecule has 0 spiro atoms. The number of halogens is 2. The van der Waals surface area contributed by atoms with Crippen LogP contribution in [-0.2, 0) is 28.3 Å². The fourth-order valence-corrected chi connectivity index (χ4v) is 4.40. The molecule has 1 atom stereocenters. The molecule has 1 aromatic carbocycles. The number of H-pyrrole nitrogens is 1. The Morgan fingerprint density at radius 2 is 2.03 bits per heavy atom. The Morgan fingerprint density at radius 1 is 1.26 bits per heavy atom. The van der Waals surface area contributed by atoms with E-state index in [1.54, 1.807) is 31.6 Å². The summed E-state index contributed by atoms with van der Waals surface area (Å²) in [6, 6.07) is 5.49. The topological polar surface area (TPSA) is 106 Å². The zero-order valence-corrected chi connectivity index (χ0v) is 19.3. The molecule has 0 bridgehead atoms. The number of rotatable bonds is 6. The summed E-state index contributed by atoms with van der Waals surface area (Å²) < 4.78 is 46.1. The average Bonchev–Trinajstić information content (AvgIpc) is 3.28. The van der Waals surface area contributed by atoms with E-state index in [4.69, 9.17) is 4.74 Å². The number of nitrogens with one attached hydrogen (secondary N) is 2. The Bertz CT molecular complexity index is 1510. The minimum absolute atomic E-state index is 0.0584. The normalized spacial score (nSPS) is 12.0. The highest BCUT2D eigenvalue weighted by molar-refractivity contribution is 7.83. The average molecular weight is 487 g/mol. The number of carbonyl (C=O) groups is 1. The fourth-order valence-electron chi connectivity index (χ4n) is 3.73. The van der Waals surface area contributed by atoms with Gasteiger partial charge in [-0.3, -0.25) is 9.00 Å². The van der Waals surface area contributed by atoms with Crippen LogP contribution >= 0.6 is 0 Å². The van der Waals surface area contributed by atoms with Crippen LogP contribution in [0.1, 0.15) is 15.9 Å². The lowest BCUT2D eigenvalue weighted by Gasteiger charge is -2.18. The van der Waals surface area contributed by atoms with E-state index in [1.807, 2.05) is 0 Å². The van der Waals surface area contributed by atoms with Crippen LogP contribution in [0.3, 0.4) is 0 Å². The van der Waals surface area contributed by atoms with E-state index in [9.17, 15) is 22.6 Å². The van der Waals surface area contributed by atoms with Gasteiger partial charge in [-0.1, -0.05) is 0 Å². The molecule has 176 valence electrons. The van der Waals surface area contributed by atoms with Gasteiger partial charge in [-0.25, -0.2) is 18.6 Å². The Hall–Kier alpha value is -3.86. The molecule has 0 radical (unpaired) electrons. The molecule has 0 aliphatic rings. The quantitative estimate of drug-likeness (QED) is 0.404. The molecule has 0 fully saturated rings. The second-order valence-corrected chi connectivity index (χ2v) is 9.03. The first kappa shape index (κ1) is 23.3. The molecular weight excluding hydrogens is 466 g/mol. The van der Waals surface area contributed by atoms with Crippen molar-refractivity contribution >= 4 is 39.2 Å². The smallest absolute Gasteiger partial charge is 0.338 e. The number of carbonyl (C=O) groups excluding carboxylic acids is 1. The Labute approximate surface area is 195 Å². The lowest BCUT2D eigenvalue weighted by Crippen LogP contribution is -2.17. The lowest BCUT2D eigenvalue weighted by atomic mass is 9.96. The molecule has 0 aliphatic heterocycles. The van der Waals surface area contributed by atoms with Crippen LogP contribution in [-0.4, -0.2) is 38.1 Å². The minimum atomic E-state index is -1.29.